The van der Waals surface area contributed by atoms with Gasteiger partial charge in [-0.2, -0.15) is 0 Å². The summed E-state index contributed by atoms with van der Waals surface area (Å²) in [6.07, 6.45) is 1.55. The van der Waals surface area contributed by atoms with Gasteiger partial charge in [0.2, 0.25) is 5.82 Å². The van der Waals surface area contributed by atoms with E-state index < -0.39 is 5.54 Å². The van der Waals surface area contributed by atoms with Gasteiger partial charge in [0.1, 0.15) is 6.33 Å². The lowest BCUT2D eigenvalue weighted by Crippen LogP contribution is -2.62. The molecule has 0 N–H and O–H groups in total. The number of benzene rings is 2. The van der Waals surface area contributed by atoms with Gasteiger partial charge in [-0.15, -0.1) is 5.10 Å². The lowest BCUT2D eigenvalue weighted by Gasteiger charge is -2.46. The summed E-state index contributed by atoms with van der Waals surface area (Å²) < 4.78 is 1.60. The predicted octanol–water partition coefficient (Wildman–Crippen LogP) is 3.61. The number of carbonyl (C=O) groups is 2. The van der Waals surface area contributed by atoms with E-state index in [1.165, 1.54) is 0 Å². The molecule has 2 aromatic carbocycles. The zero-order valence-electron chi connectivity index (χ0n) is 17.7. The molecule has 0 radical (unpaired) electrons. The summed E-state index contributed by atoms with van der Waals surface area (Å²) in [4.78, 5) is 33.8. The second-order valence-corrected chi connectivity index (χ2v) is 8.79. The largest absolute Gasteiger partial charge is 0.335 e. The maximum Gasteiger partial charge on any atom is 0.294 e. The minimum Gasteiger partial charge on any atom is -0.335 e. The van der Waals surface area contributed by atoms with Crippen LogP contribution >= 0.6 is 11.6 Å². The summed E-state index contributed by atoms with van der Waals surface area (Å²) in [5, 5.41) is 4.92. The normalized spacial score (nSPS) is 15.7. The van der Waals surface area contributed by atoms with Crippen molar-refractivity contribution in [1.29, 1.82) is 0 Å². The van der Waals surface area contributed by atoms with Crippen LogP contribution in [0.2, 0.25) is 5.02 Å². The van der Waals surface area contributed by atoms with Crippen LogP contribution in [0, 0.1) is 6.92 Å². The van der Waals surface area contributed by atoms with E-state index in [2.05, 4.69) is 10.1 Å². The van der Waals surface area contributed by atoms with Crippen LogP contribution in [-0.4, -0.2) is 61.6 Å². The first kappa shape index (κ1) is 21.1. The highest BCUT2D eigenvalue weighted by molar-refractivity contribution is 6.30. The SMILES string of the molecule is Cc1cccc(-n2cnc(C(=O)N3CCN(C(=O)c4cccc(Cl)c4)CC3(C)C)n2)c1. The van der Waals surface area contributed by atoms with Crippen LogP contribution in [0.1, 0.15) is 40.4 Å². The Kier molecular flexibility index (Phi) is 5.54. The van der Waals surface area contributed by atoms with E-state index in [0.29, 0.717) is 30.2 Å². The van der Waals surface area contributed by atoms with Crippen molar-refractivity contribution >= 4 is 23.4 Å². The van der Waals surface area contributed by atoms with E-state index in [0.717, 1.165) is 11.3 Å². The molecule has 0 spiro atoms. The molecule has 1 saturated heterocycles. The maximum atomic E-state index is 13.2. The third-order valence-corrected chi connectivity index (χ3v) is 5.69. The Balaban J connectivity index is 1.50. The van der Waals surface area contributed by atoms with Crippen molar-refractivity contribution in [3.05, 3.63) is 76.8 Å². The molecule has 1 fully saturated rings. The fourth-order valence-corrected chi connectivity index (χ4v) is 4.08. The van der Waals surface area contributed by atoms with Crippen LogP contribution in [0.15, 0.2) is 54.9 Å². The lowest BCUT2D eigenvalue weighted by molar-refractivity contribution is 0.0160. The number of nitrogens with zero attached hydrogens (tertiary/aromatic N) is 5. The Bertz CT molecular complexity index is 1140. The number of carbonyl (C=O) groups excluding carboxylic acids is 2. The standard InChI is InChI=1S/C23H24ClN5O2/c1-16-6-4-9-19(12-16)29-15-25-20(26-29)22(31)28-11-10-27(14-23(28,2)3)21(30)17-7-5-8-18(24)13-17/h4-9,12-13,15H,10-11,14H2,1-3H3. The Hall–Kier alpha value is -3.19. The molecule has 3 aromatic rings. The molecule has 0 atom stereocenters. The van der Waals surface area contributed by atoms with Crippen molar-refractivity contribution in [2.75, 3.05) is 19.6 Å². The van der Waals surface area contributed by atoms with Crippen molar-refractivity contribution in [3.63, 3.8) is 0 Å². The zero-order chi connectivity index (χ0) is 22.2. The Morgan fingerprint density at radius 2 is 1.81 bits per heavy atom. The summed E-state index contributed by atoms with van der Waals surface area (Å²) in [5.74, 6) is -0.194. The first-order chi connectivity index (χ1) is 14.7. The molecule has 0 unspecified atom stereocenters. The number of amides is 2. The van der Waals surface area contributed by atoms with Gasteiger partial charge in [0.15, 0.2) is 0 Å². The summed E-state index contributed by atoms with van der Waals surface area (Å²) in [7, 11) is 0. The fourth-order valence-electron chi connectivity index (χ4n) is 3.89. The molecule has 0 bridgehead atoms. The van der Waals surface area contributed by atoms with E-state index in [1.807, 2.05) is 45.0 Å². The quantitative estimate of drug-likeness (QED) is 0.627. The van der Waals surface area contributed by atoms with Gasteiger partial charge in [-0.05, 0) is 56.7 Å². The van der Waals surface area contributed by atoms with Crippen molar-refractivity contribution in [2.24, 2.45) is 0 Å². The number of hydrogen-bond acceptors (Lipinski definition) is 4. The highest BCUT2D eigenvalue weighted by Gasteiger charge is 2.40. The van der Waals surface area contributed by atoms with Gasteiger partial charge in [-0.3, -0.25) is 9.59 Å². The van der Waals surface area contributed by atoms with Crippen molar-refractivity contribution in [2.45, 2.75) is 26.3 Å². The highest BCUT2D eigenvalue weighted by Crippen LogP contribution is 2.24. The van der Waals surface area contributed by atoms with Crippen LogP contribution in [0.3, 0.4) is 0 Å². The molecule has 1 aromatic heterocycles. The average molecular weight is 438 g/mol. The minimum absolute atomic E-state index is 0.0930. The van der Waals surface area contributed by atoms with E-state index in [9.17, 15) is 9.59 Å². The molecule has 0 saturated carbocycles. The first-order valence-corrected chi connectivity index (χ1v) is 10.5. The summed E-state index contributed by atoms with van der Waals surface area (Å²) in [6, 6.07) is 14.7. The van der Waals surface area contributed by atoms with Gasteiger partial charge in [-0.1, -0.05) is 29.8 Å². The molecule has 160 valence electrons. The Morgan fingerprint density at radius 1 is 1.03 bits per heavy atom. The molecular weight excluding hydrogens is 414 g/mol. The number of piperazine rings is 1. The zero-order valence-corrected chi connectivity index (χ0v) is 18.5. The number of hydrogen-bond donors (Lipinski definition) is 0. The number of rotatable bonds is 3. The molecule has 1 aliphatic heterocycles. The fraction of sp³-hybridized carbons (Fsp3) is 0.304. The first-order valence-electron chi connectivity index (χ1n) is 10.1. The molecule has 1 aliphatic rings. The molecule has 2 amide bonds. The van der Waals surface area contributed by atoms with Gasteiger partial charge < -0.3 is 9.80 Å². The molecule has 0 aliphatic carbocycles. The summed E-state index contributed by atoms with van der Waals surface area (Å²) in [5.41, 5.74) is 1.92. The number of aryl methyl sites for hydroxylation is 1. The van der Waals surface area contributed by atoms with E-state index in [1.54, 1.807) is 45.1 Å². The van der Waals surface area contributed by atoms with Crippen LogP contribution in [0.25, 0.3) is 5.69 Å². The minimum atomic E-state index is -0.571. The van der Waals surface area contributed by atoms with Gasteiger partial charge in [-0.25, -0.2) is 9.67 Å². The summed E-state index contributed by atoms with van der Waals surface area (Å²) in [6.45, 7) is 7.12. The van der Waals surface area contributed by atoms with Gasteiger partial charge >= 0.3 is 0 Å². The average Bonchev–Trinajstić information content (AvgIpc) is 3.22. The van der Waals surface area contributed by atoms with Crippen molar-refractivity contribution < 1.29 is 9.59 Å². The molecule has 8 heteroatoms. The second-order valence-electron chi connectivity index (χ2n) is 8.36. The smallest absolute Gasteiger partial charge is 0.294 e. The van der Waals surface area contributed by atoms with Crippen LogP contribution < -0.4 is 0 Å². The van der Waals surface area contributed by atoms with Crippen LogP contribution in [0.5, 0.6) is 0 Å². The lowest BCUT2D eigenvalue weighted by atomic mass is 9.97. The maximum absolute atomic E-state index is 13.2. The molecule has 31 heavy (non-hydrogen) atoms. The molecule has 2 heterocycles. The van der Waals surface area contributed by atoms with Gasteiger partial charge in [0.05, 0.1) is 11.2 Å². The highest BCUT2D eigenvalue weighted by atomic mass is 35.5. The summed E-state index contributed by atoms with van der Waals surface area (Å²) >= 11 is 6.03. The molecule has 7 nitrogen and oxygen atoms in total. The van der Waals surface area contributed by atoms with Crippen LogP contribution in [0.4, 0.5) is 0 Å². The van der Waals surface area contributed by atoms with Crippen molar-refractivity contribution in [3.8, 4) is 5.69 Å². The monoisotopic (exact) mass is 437 g/mol. The van der Waals surface area contributed by atoms with E-state index in [-0.39, 0.29) is 17.6 Å². The second kappa shape index (κ2) is 8.15. The van der Waals surface area contributed by atoms with Gasteiger partial charge in [0.25, 0.3) is 11.8 Å². The van der Waals surface area contributed by atoms with Gasteiger partial charge in [0, 0.05) is 30.2 Å². The number of halogens is 1. The third kappa shape index (κ3) is 4.32. The topological polar surface area (TPSA) is 71.3 Å². The third-order valence-electron chi connectivity index (χ3n) is 5.46. The molecule has 4 rings (SSSR count). The van der Waals surface area contributed by atoms with Crippen molar-refractivity contribution in [1.82, 2.24) is 24.6 Å². The number of aromatic nitrogens is 3. The van der Waals surface area contributed by atoms with Crippen LogP contribution in [-0.2, 0) is 0 Å². The van der Waals surface area contributed by atoms with E-state index >= 15 is 0 Å². The Morgan fingerprint density at radius 3 is 2.52 bits per heavy atom. The molecular formula is C23H24ClN5O2. The Labute approximate surface area is 186 Å². The predicted molar refractivity (Wildman–Crippen MR) is 119 cm³/mol. The van der Waals surface area contributed by atoms with E-state index in [4.69, 9.17) is 11.6 Å².